The molecule has 0 spiro atoms. The van der Waals surface area contributed by atoms with Crippen molar-refractivity contribution in [2.75, 3.05) is 18.4 Å². The Balaban J connectivity index is 1.98. The van der Waals surface area contributed by atoms with Gasteiger partial charge in [0.05, 0.1) is 5.69 Å². The summed E-state index contributed by atoms with van der Waals surface area (Å²) in [6.45, 7) is 9.79. The maximum absolute atomic E-state index is 11.8. The van der Waals surface area contributed by atoms with Gasteiger partial charge in [-0.1, -0.05) is 6.92 Å². The molecule has 0 amide bonds. The highest BCUT2D eigenvalue weighted by atomic mass is 16.1. The van der Waals surface area contributed by atoms with Crippen LogP contribution in [0.1, 0.15) is 46.5 Å². The van der Waals surface area contributed by atoms with Crippen LogP contribution in [0.2, 0.25) is 0 Å². The van der Waals surface area contributed by atoms with Crippen molar-refractivity contribution in [1.29, 1.82) is 0 Å². The molecule has 1 aliphatic rings. The van der Waals surface area contributed by atoms with Gasteiger partial charge in [0, 0.05) is 37.4 Å². The number of aryl methyl sites for hydroxylation is 1. The first kappa shape index (κ1) is 16.1. The third-order valence-electron chi connectivity index (χ3n) is 4.31. The van der Waals surface area contributed by atoms with E-state index in [2.05, 4.69) is 31.0 Å². The predicted octanol–water partition coefficient (Wildman–Crippen LogP) is 2.93. The lowest BCUT2D eigenvalue weighted by molar-refractivity contribution is 0.230. The third-order valence-corrected chi connectivity index (χ3v) is 4.31. The zero-order chi connectivity index (χ0) is 15.2. The molecule has 118 valence electrons. The van der Waals surface area contributed by atoms with Gasteiger partial charge in [0.25, 0.3) is 5.56 Å². The molecular formula is C17H29N3O. The Morgan fingerprint density at radius 3 is 2.81 bits per heavy atom. The zero-order valence-electron chi connectivity index (χ0n) is 13.6. The molecule has 1 aromatic heterocycles. The van der Waals surface area contributed by atoms with Gasteiger partial charge in [-0.05, 0) is 52.1 Å². The molecule has 4 heteroatoms. The monoisotopic (exact) mass is 291 g/mol. The minimum Gasteiger partial charge on any atom is -0.381 e. The SMILES string of the molecule is CCCn1cc(NC2CCCN(C(C)C)CC2)ccc1=O. The average molecular weight is 291 g/mol. The van der Waals surface area contributed by atoms with Gasteiger partial charge in [-0.25, -0.2) is 0 Å². The molecular weight excluding hydrogens is 262 g/mol. The molecule has 21 heavy (non-hydrogen) atoms. The van der Waals surface area contributed by atoms with Crippen LogP contribution >= 0.6 is 0 Å². The minimum atomic E-state index is 0.0919. The van der Waals surface area contributed by atoms with Crippen molar-refractivity contribution in [3.63, 3.8) is 0 Å². The van der Waals surface area contributed by atoms with Crippen molar-refractivity contribution in [3.05, 3.63) is 28.7 Å². The number of likely N-dealkylation sites (tertiary alicyclic amines) is 1. The number of hydrogen-bond acceptors (Lipinski definition) is 3. The van der Waals surface area contributed by atoms with Gasteiger partial charge in [-0.3, -0.25) is 4.79 Å². The molecule has 1 fully saturated rings. The van der Waals surface area contributed by atoms with E-state index in [0.29, 0.717) is 12.1 Å². The van der Waals surface area contributed by atoms with E-state index in [0.717, 1.165) is 25.2 Å². The van der Waals surface area contributed by atoms with Crippen molar-refractivity contribution >= 4 is 5.69 Å². The third kappa shape index (κ3) is 4.60. The minimum absolute atomic E-state index is 0.0919. The van der Waals surface area contributed by atoms with Crippen molar-refractivity contribution in [2.24, 2.45) is 0 Å². The van der Waals surface area contributed by atoms with Crippen LogP contribution in [0.4, 0.5) is 5.69 Å². The summed E-state index contributed by atoms with van der Waals surface area (Å²) in [5.41, 5.74) is 1.17. The molecule has 1 unspecified atom stereocenters. The first-order valence-corrected chi connectivity index (χ1v) is 8.31. The fraction of sp³-hybridized carbons (Fsp3) is 0.706. The Hall–Kier alpha value is -1.29. The van der Waals surface area contributed by atoms with Crippen LogP contribution in [-0.2, 0) is 6.54 Å². The number of aromatic nitrogens is 1. The number of pyridine rings is 1. The van der Waals surface area contributed by atoms with Crippen molar-refractivity contribution in [3.8, 4) is 0 Å². The standard InChI is InChI=1S/C17H29N3O/c1-4-10-20-13-16(7-8-17(20)21)18-15-6-5-11-19(12-9-15)14(2)3/h7-8,13-15,18H,4-6,9-12H2,1-3H3. The molecule has 1 aromatic rings. The van der Waals surface area contributed by atoms with E-state index in [-0.39, 0.29) is 5.56 Å². The number of hydrogen-bond donors (Lipinski definition) is 1. The molecule has 0 radical (unpaired) electrons. The number of nitrogens with zero attached hydrogens (tertiary/aromatic N) is 2. The van der Waals surface area contributed by atoms with E-state index < -0.39 is 0 Å². The van der Waals surface area contributed by atoms with Crippen LogP contribution in [0.3, 0.4) is 0 Å². The topological polar surface area (TPSA) is 37.3 Å². The van der Waals surface area contributed by atoms with Gasteiger partial charge < -0.3 is 14.8 Å². The molecule has 1 N–H and O–H groups in total. The van der Waals surface area contributed by atoms with Crippen molar-refractivity contribution in [1.82, 2.24) is 9.47 Å². The summed E-state index contributed by atoms with van der Waals surface area (Å²) in [5.74, 6) is 0. The fourth-order valence-corrected chi connectivity index (χ4v) is 3.05. The van der Waals surface area contributed by atoms with Crippen molar-refractivity contribution in [2.45, 2.75) is 65.1 Å². The second-order valence-electron chi connectivity index (χ2n) is 6.35. The first-order chi connectivity index (χ1) is 10.1. The highest BCUT2D eigenvalue weighted by Crippen LogP contribution is 2.17. The maximum atomic E-state index is 11.8. The quantitative estimate of drug-likeness (QED) is 0.906. The highest BCUT2D eigenvalue weighted by Gasteiger charge is 2.18. The summed E-state index contributed by atoms with van der Waals surface area (Å²) >= 11 is 0. The molecule has 0 bridgehead atoms. The highest BCUT2D eigenvalue weighted by molar-refractivity contribution is 5.41. The summed E-state index contributed by atoms with van der Waals surface area (Å²) in [4.78, 5) is 14.3. The van der Waals surface area contributed by atoms with Crippen molar-refractivity contribution < 1.29 is 0 Å². The van der Waals surface area contributed by atoms with Gasteiger partial charge in [-0.15, -0.1) is 0 Å². The van der Waals surface area contributed by atoms with Crippen LogP contribution in [0, 0.1) is 0 Å². The van der Waals surface area contributed by atoms with E-state index in [1.165, 1.54) is 25.8 Å². The second kappa shape index (κ2) is 7.64. The lowest BCUT2D eigenvalue weighted by Gasteiger charge is -2.24. The Morgan fingerprint density at radius 2 is 2.10 bits per heavy atom. The molecule has 1 aliphatic heterocycles. The van der Waals surface area contributed by atoms with Gasteiger partial charge in [0.1, 0.15) is 0 Å². The number of rotatable bonds is 5. The maximum Gasteiger partial charge on any atom is 0.250 e. The van der Waals surface area contributed by atoms with E-state index in [1.807, 2.05) is 12.3 Å². The summed E-state index contributed by atoms with van der Waals surface area (Å²) in [7, 11) is 0. The average Bonchev–Trinajstić information content (AvgIpc) is 2.68. The summed E-state index contributed by atoms with van der Waals surface area (Å²) in [6, 6.07) is 4.74. The van der Waals surface area contributed by atoms with Gasteiger partial charge >= 0.3 is 0 Å². The second-order valence-corrected chi connectivity index (χ2v) is 6.35. The van der Waals surface area contributed by atoms with Crippen LogP contribution < -0.4 is 10.9 Å². The number of anilines is 1. The summed E-state index contributed by atoms with van der Waals surface area (Å²) in [5, 5.41) is 3.62. The zero-order valence-corrected chi connectivity index (χ0v) is 13.6. The molecule has 4 nitrogen and oxygen atoms in total. The van der Waals surface area contributed by atoms with Gasteiger partial charge in [-0.2, -0.15) is 0 Å². The smallest absolute Gasteiger partial charge is 0.250 e. The lowest BCUT2D eigenvalue weighted by atomic mass is 10.1. The molecule has 0 saturated carbocycles. The molecule has 2 rings (SSSR count). The Bertz CT molecular complexity index is 495. The molecule has 1 saturated heterocycles. The Morgan fingerprint density at radius 1 is 1.29 bits per heavy atom. The first-order valence-electron chi connectivity index (χ1n) is 8.31. The molecule has 0 aliphatic carbocycles. The van der Waals surface area contributed by atoms with E-state index in [4.69, 9.17) is 0 Å². The Labute approximate surface area is 128 Å². The lowest BCUT2D eigenvalue weighted by Crippen LogP contribution is -2.32. The molecule has 1 atom stereocenters. The largest absolute Gasteiger partial charge is 0.381 e. The Kier molecular flexibility index (Phi) is 5.85. The van der Waals surface area contributed by atoms with E-state index in [9.17, 15) is 4.79 Å². The van der Waals surface area contributed by atoms with E-state index >= 15 is 0 Å². The van der Waals surface area contributed by atoms with Crippen LogP contribution in [0.15, 0.2) is 23.1 Å². The fourth-order valence-electron chi connectivity index (χ4n) is 3.05. The van der Waals surface area contributed by atoms with E-state index in [1.54, 1.807) is 10.6 Å². The van der Waals surface area contributed by atoms with Crippen LogP contribution in [0.25, 0.3) is 0 Å². The van der Waals surface area contributed by atoms with Crippen LogP contribution in [-0.4, -0.2) is 34.6 Å². The normalized spacial score (nSPS) is 20.5. The summed E-state index contributed by atoms with van der Waals surface area (Å²) in [6.07, 6.45) is 6.57. The predicted molar refractivity (Wildman–Crippen MR) is 89.0 cm³/mol. The van der Waals surface area contributed by atoms with Crippen LogP contribution in [0.5, 0.6) is 0 Å². The molecule has 2 heterocycles. The molecule has 0 aromatic carbocycles. The van der Waals surface area contributed by atoms with Gasteiger partial charge in [0.15, 0.2) is 0 Å². The van der Waals surface area contributed by atoms with Gasteiger partial charge in [0.2, 0.25) is 0 Å². The number of nitrogens with one attached hydrogen (secondary N) is 1. The summed E-state index contributed by atoms with van der Waals surface area (Å²) < 4.78 is 1.81.